The van der Waals surface area contributed by atoms with Gasteiger partial charge in [-0.05, 0) is 50.1 Å². The molecule has 0 spiro atoms. The molecule has 0 aliphatic heterocycles. The highest BCUT2D eigenvalue weighted by Gasteiger charge is 2.18. The van der Waals surface area contributed by atoms with Crippen molar-refractivity contribution in [2.75, 3.05) is 0 Å². The summed E-state index contributed by atoms with van der Waals surface area (Å²) in [6.45, 7) is 6.36. The van der Waals surface area contributed by atoms with Crippen molar-refractivity contribution in [2.45, 2.75) is 37.0 Å². The van der Waals surface area contributed by atoms with E-state index in [0.29, 0.717) is 0 Å². The smallest absolute Gasteiger partial charge is 0.0493 e. The number of nitrogens with two attached hydrogens (primary N) is 1. The highest BCUT2D eigenvalue weighted by molar-refractivity contribution is 9.10. The van der Waals surface area contributed by atoms with Gasteiger partial charge in [0.2, 0.25) is 0 Å². The van der Waals surface area contributed by atoms with Gasteiger partial charge in [0.05, 0.1) is 0 Å². The predicted octanol–water partition coefficient (Wildman–Crippen LogP) is 5.25. The number of benzene rings is 2. The fourth-order valence-electron chi connectivity index (χ4n) is 2.23. The average Bonchev–Trinajstić information content (AvgIpc) is 2.37. The van der Waals surface area contributed by atoms with Crippen molar-refractivity contribution >= 4 is 27.7 Å². The first-order valence-electron chi connectivity index (χ1n) is 6.72. The van der Waals surface area contributed by atoms with Crippen molar-refractivity contribution < 1.29 is 0 Å². The van der Waals surface area contributed by atoms with Crippen molar-refractivity contribution in [3.05, 3.63) is 63.6 Å². The van der Waals surface area contributed by atoms with E-state index in [-0.39, 0.29) is 11.3 Å². The second-order valence-corrected chi connectivity index (χ2v) is 7.32. The second-order valence-electron chi connectivity index (χ2n) is 5.22. The molecule has 2 N–H and O–H groups in total. The molecule has 0 aromatic heterocycles. The molecule has 2 atom stereocenters. The van der Waals surface area contributed by atoms with Gasteiger partial charge in [-0.1, -0.05) is 45.8 Å². The Morgan fingerprint density at radius 1 is 1.10 bits per heavy atom. The maximum absolute atomic E-state index is 6.21. The molecule has 20 heavy (non-hydrogen) atoms. The van der Waals surface area contributed by atoms with Gasteiger partial charge >= 0.3 is 0 Å². The van der Waals surface area contributed by atoms with E-state index in [4.69, 9.17) is 5.73 Å². The third-order valence-corrected chi connectivity index (χ3v) is 5.40. The first-order chi connectivity index (χ1) is 9.47. The summed E-state index contributed by atoms with van der Waals surface area (Å²) in [6, 6.07) is 15.1. The van der Waals surface area contributed by atoms with E-state index in [2.05, 4.69) is 73.1 Å². The lowest BCUT2D eigenvalue weighted by atomic mass is 10.1. The van der Waals surface area contributed by atoms with E-state index in [1.807, 2.05) is 17.8 Å². The topological polar surface area (TPSA) is 26.0 Å². The molecule has 2 aromatic carbocycles. The van der Waals surface area contributed by atoms with Gasteiger partial charge in [0.15, 0.2) is 0 Å². The Balaban J connectivity index is 2.30. The summed E-state index contributed by atoms with van der Waals surface area (Å²) in [5, 5.41) is 0.258. The Kier molecular flexibility index (Phi) is 5.30. The molecular formula is C17H20BrNS. The lowest BCUT2D eigenvalue weighted by Gasteiger charge is -2.22. The largest absolute Gasteiger partial charge is 0.327 e. The molecular weight excluding hydrogens is 330 g/mol. The Bertz CT molecular complexity index is 595. The maximum atomic E-state index is 6.21. The molecule has 106 valence electrons. The Labute approximate surface area is 134 Å². The molecule has 0 aliphatic rings. The zero-order valence-electron chi connectivity index (χ0n) is 12.1. The van der Waals surface area contributed by atoms with Crippen LogP contribution in [0, 0.1) is 13.8 Å². The molecule has 3 heteroatoms. The summed E-state index contributed by atoms with van der Waals surface area (Å²) in [7, 11) is 0. The summed E-state index contributed by atoms with van der Waals surface area (Å²) in [5.74, 6) is 0. The van der Waals surface area contributed by atoms with Gasteiger partial charge in [0.1, 0.15) is 0 Å². The number of aryl methyl sites for hydroxylation is 2. The zero-order chi connectivity index (χ0) is 14.7. The average molecular weight is 350 g/mol. The van der Waals surface area contributed by atoms with E-state index in [9.17, 15) is 0 Å². The Morgan fingerprint density at radius 3 is 2.45 bits per heavy atom. The van der Waals surface area contributed by atoms with Crippen LogP contribution in [0.2, 0.25) is 0 Å². The third kappa shape index (κ3) is 3.87. The van der Waals surface area contributed by atoms with Crippen molar-refractivity contribution in [2.24, 2.45) is 5.73 Å². The van der Waals surface area contributed by atoms with Crippen LogP contribution in [-0.2, 0) is 0 Å². The first-order valence-corrected chi connectivity index (χ1v) is 8.39. The lowest BCUT2D eigenvalue weighted by molar-refractivity contribution is 0.721. The van der Waals surface area contributed by atoms with E-state index in [0.717, 1.165) is 4.47 Å². The van der Waals surface area contributed by atoms with Gasteiger partial charge < -0.3 is 5.73 Å². The zero-order valence-corrected chi connectivity index (χ0v) is 14.5. The van der Waals surface area contributed by atoms with Crippen LogP contribution in [0.4, 0.5) is 0 Å². The number of halogens is 1. The minimum atomic E-state index is 0.0926. The molecule has 0 amide bonds. The maximum Gasteiger partial charge on any atom is 0.0493 e. The molecule has 0 bridgehead atoms. The summed E-state index contributed by atoms with van der Waals surface area (Å²) < 4.78 is 1.10. The van der Waals surface area contributed by atoms with Crippen LogP contribution in [0.25, 0.3) is 0 Å². The summed E-state index contributed by atoms with van der Waals surface area (Å²) in [6.07, 6.45) is 0. The molecule has 2 rings (SSSR count). The molecule has 0 heterocycles. The number of hydrogen-bond donors (Lipinski definition) is 1. The number of rotatable bonds is 4. The Morgan fingerprint density at radius 2 is 1.85 bits per heavy atom. The van der Waals surface area contributed by atoms with Crippen molar-refractivity contribution in [1.29, 1.82) is 0 Å². The molecule has 1 nitrogen and oxygen atoms in total. The number of hydrogen-bond acceptors (Lipinski definition) is 2. The van der Waals surface area contributed by atoms with Gasteiger partial charge in [-0.15, -0.1) is 11.8 Å². The molecule has 0 fully saturated rings. The summed E-state index contributed by atoms with van der Waals surface area (Å²) in [4.78, 5) is 1.30. The normalized spacial score (nSPS) is 14.1. The van der Waals surface area contributed by atoms with E-state index in [1.165, 1.54) is 21.6 Å². The highest BCUT2D eigenvalue weighted by Crippen LogP contribution is 2.39. The lowest BCUT2D eigenvalue weighted by Crippen LogP contribution is -2.22. The number of thioether (sulfide) groups is 1. The predicted molar refractivity (Wildman–Crippen MR) is 92.3 cm³/mol. The van der Waals surface area contributed by atoms with Crippen LogP contribution >= 0.6 is 27.7 Å². The molecule has 0 saturated heterocycles. The van der Waals surface area contributed by atoms with E-state index >= 15 is 0 Å². The molecule has 2 unspecified atom stereocenters. The molecule has 0 saturated carbocycles. The van der Waals surface area contributed by atoms with Crippen molar-refractivity contribution in [3.8, 4) is 0 Å². The fourth-order valence-corrected chi connectivity index (χ4v) is 3.81. The summed E-state index contributed by atoms with van der Waals surface area (Å²) in [5.41, 5.74) is 10.1. The van der Waals surface area contributed by atoms with Gasteiger partial charge in [0.25, 0.3) is 0 Å². The van der Waals surface area contributed by atoms with Crippen LogP contribution in [0.3, 0.4) is 0 Å². The van der Waals surface area contributed by atoms with Crippen LogP contribution in [0.15, 0.2) is 51.8 Å². The molecule has 0 radical (unpaired) electrons. The Hall–Kier alpha value is -0.770. The first kappa shape index (κ1) is 15.6. The quantitative estimate of drug-likeness (QED) is 0.763. The van der Waals surface area contributed by atoms with Crippen LogP contribution in [0.1, 0.15) is 28.9 Å². The standard InChI is InChI=1S/C17H20BrNS/c1-11-7-8-16(12(2)9-11)20-17(13(3)19)14-5-4-6-15(18)10-14/h4-10,13,17H,19H2,1-3H3. The van der Waals surface area contributed by atoms with Crippen molar-refractivity contribution in [3.63, 3.8) is 0 Å². The third-order valence-electron chi connectivity index (χ3n) is 3.24. The van der Waals surface area contributed by atoms with Gasteiger partial charge in [-0.25, -0.2) is 0 Å². The SMILES string of the molecule is Cc1ccc(SC(c2cccc(Br)c2)C(C)N)c(C)c1. The van der Waals surface area contributed by atoms with Gasteiger partial charge in [-0.3, -0.25) is 0 Å². The van der Waals surface area contributed by atoms with E-state index in [1.54, 1.807) is 0 Å². The monoisotopic (exact) mass is 349 g/mol. The van der Waals surface area contributed by atoms with Crippen LogP contribution in [0.5, 0.6) is 0 Å². The van der Waals surface area contributed by atoms with Gasteiger partial charge in [-0.2, -0.15) is 0 Å². The minimum absolute atomic E-state index is 0.0926. The van der Waals surface area contributed by atoms with E-state index < -0.39 is 0 Å². The van der Waals surface area contributed by atoms with Crippen LogP contribution in [-0.4, -0.2) is 6.04 Å². The summed E-state index contributed by atoms with van der Waals surface area (Å²) >= 11 is 5.39. The van der Waals surface area contributed by atoms with Crippen molar-refractivity contribution in [1.82, 2.24) is 0 Å². The molecule has 2 aromatic rings. The fraction of sp³-hybridized carbons (Fsp3) is 0.294. The second kappa shape index (κ2) is 6.79. The van der Waals surface area contributed by atoms with Gasteiger partial charge in [0, 0.05) is 20.7 Å². The highest BCUT2D eigenvalue weighted by atomic mass is 79.9. The van der Waals surface area contributed by atoms with Crippen LogP contribution < -0.4 is 5.73 Å². The minimum Gasteiger partial charge on any atom is -0.327 e. The molecule has 0 aliphatic carbocycles.